The first-order chi connectivity index (χ1) is 20.4. The van der Waals surface area contributed by atoms with Gasteiger partial charge in [-0.15, -0.1) is 0 Å². The minimum atomic E-state index is -0.857. The molecule has 0 saturated carbocycles. The van der Waals surface area contributed by atoms with Gasteiger partial charge in [0, 0.05) is 24.0 Å². The molecule has 1 heterocycles. The minimum absolute atomic E-state index is 0.104. The van der Waals surface area contributed by atoms with Gasteiger partial charge in [0.1, 0.15) is 12.1 Å². The van der Waals surface area contributed by atoms with Gasteiger partial charge in [-0.25, -0.2) is 0 Å². The Balaban J connectivity index is 1.50. The molecule has 10 heteroatoms. The first-order valence-electron chi connectivity index (χ1n) is 14.8. The predicted octanol–water partition coefficient (Wildman–Crippen LogP) is 3.06. The lowest BCUT2D eigenvalue weighted by Crippen LogP contribution is -2.59. The van der Waals surface area contributed by atoms with Gasteiger partial charge in [0.05, 0.1) is 12.6 Å². The standard InChI is InChI=1S/C33H42ClN5O4/c1-21(35-5)30(41)37-29(33(2,3)4)31(42)36-20-27(40)39-16-15-38(14-13-22-9-8-12-26(34)17-22)32(43)28(39)25-18-23-10-6-7-11-24(23)19-25/h6-12,15-17,21,25,28-29,35H,13-14,18-20H2,1-5H3,(H,36,42)(H,37,41)/t21-,28-,29+/m0/s1. The van der Waals surface area contributed by atoms with E-state index in [0.717, 1.165) is 5.56 Å². The number of carbonyl (C=O) groups is 4. The summed E-state index contributed by atoms with van der Waals surface area (Å²) in [6, 6.07) is 13.6. The van der Waals surface area contributed by atoms with Crippen molar-refractivity contribution in [1.29, 1.82) is 0 Å². The number of carbonyl (C=O) groups excluding carboxylic acids is 4. The van der Waals surface area contributed by atoms with E-state index in [-0.39, 0.29) is 24.3 Å². The lowest BCUT2D eigenvalue weighted by atomic mass is 9.86. The van der Waals surface area contributed by atoms with Crippen LogP contribution in [0, 0.1) is 11.3 Å². The van der Waals surface area contributed by atoms with Crippen LogP contribution in [0.15, 0.2) is 60.9 Å². The molecule has 1 aliphatic carbocycles. The van der Waals surface area contributed by atoms with Crippen LogP contribution in [0.3, 0.4) is 0 Å². The van der Waals surface area contributed by atoms with E-state index in [4.69, 9.17) is 11.6 Å². The van der Waals surface area contributed by atoms with Crippen LogP contribution in [0.2, 0.25) is 5.02 Å². The first kappa shape index (κ1) is 32.2. The third-order valence-corrected chi connectivity index (χ3v) is 8.48. The Hall–Kier alpha value is -3.69. The molecule has 4 rings (SSSR count). The lowest BCUT2D eigenvalue weighted by Gasteiger charge is -2.39. The molecule has 3 N–H and O–H groups in total. The van der Waals surface area contributed by atoms with Gasteiger partial charge in [0.25, 0.3) is 0 Å². The molecular formula is C33H42ClN5O4. The Morgan fingerprint density at radius 2 is 1.67 bits per heavy atom. The average molecular weight is 608 g/mol. The summed E-state index contributed by atoms with van der Waals surface area (Å²) in [5, 5.41) is 9.02. The number of rotatable bonds is 10. The van der Waals surface area contributed by atoms with E-state index >= 15 is 0 Å². The third-order valence-electron chi connectivity index (χ3n) is 8.25. The Labute approximate surface area is 259 Å². The van der Waals surface area contributed by atoms with Crippen LogP contribution < -0.4 is 16.0 Å². The van der Waals surface area contributed by atoms with Crippen molar-refractivity contribution in [1.82, 2.24) is 25.8 Å². The molecule has 9 nitrogen and oxygen atoms in total. The van der Waals surface area contributed by atoms with Gasteiger partial charge in [-0.05, 0) is 73.4 Å². The molecule has 0 bridgehead atoms. The molecule has 0 radical (unpaired) electrons. The highest BCUT2D eigenvalue weighted by Crippen LogP contribution is 2.33. The Bertz CT molecular complexity index is 1360. The van der Waals surface area contributed by atoms with Crippen LogP contribution in [-0.4, -0.2) is 71.7 Å². The minimum Gasteiger partial charge on any atom is -0.345 e. The van der Waals surface area contributed by atoms with Crippen molar-refractivity contribution in [2.24, 2.45) is 11.3 Å². The van der Waals surface area contributed by atoms with Crippen molar-refractivity contribution in [3.8, 4) is 0 Å². The molecule has 3 atom stereocenters. The Kier molecular flexibility index (Phi) is 10.3. The normalized spacial score (nSPS) is 18.3. The number of amides is 4. The monoisotopic (exact) mass is 607 g/mol. The van der Waals surface area contributed by atoms with Crippen LogP contribution in [0.5, 0.6) is 0 Å². The van der Waals surface area contributed by atoms with E-state index in [0.29, 0.717) is 30.8 Å². The molecule has 2 aliphatic rings. The first-order valence-corrected chi connectivity index (χ1v) is 15.1. The zero-order chi connectivity index (χ0) is 31.3. The maximum absolute atomic E-state index is 14.0. The van der Waals surface area contributed by atoms with Crippen molar-refractivity contribution in [2.45, 2.75) is 65.1 Å². The van der Waals surface area contributed by atoms with Gasteiger partial charge in [0.15, 0.2) is 0 Å². The summed E-state index contributed by atoms with van der Waals surface area (Å²) in [5.74, 6) is -1.42. The lowest BCUT2D eigenvalue weighted by molar-refractivity contribution is -0.145. The highest BCUT2D eigenvalue weighted by Gasteiger charge is 2.42. The summed E-state index contributed by atoms with van der Waals surface area (Å²) in [4.78, 5) is 56.6. The summed E-state index contributed by atoms with van der Waals surface area (Å²) in [7, 11) is 1.67. The predicted molar refractivity (Wildman–Crippen MR) is 167 cm³/mol. The van der Waals surface area contributed by atoms with Crippen LogP contribution in [0.25, 0.3) is 0 Å². The number of benzene rings is 2. The zero-order valence-electron chi connectivity index (χ0n) is 25.5. The summed E-state index contributed by atoms with van der Waals surface area (Å²) in [6.07, 6.45) is 5.27. The SMILES string of the molecule is CN[C@@H](C)C(=O)N[C@H](C(=O)NCC(=O)N1C=CN(CCc2cccc(Cl)c2)C(=O)[C@@H]1C1Cc2ccccc2C1)C(C)(C)C. The number of nitrogens with zero attached hydrogens (tertiary/aromatic N) is 2. The van der Waals surface area contributed by atoms with Gasteiger partial charge >= 0.3 is 0 Å². The zero-order valence-corrected chi connectivity index (χ0v) is 26.3. The van der Waals surface area contributed by atoms with Crippen LogP contribution in [0.1, 0.15) is 44.4 Å². The van der Waals surface area contributed by atoms with Crippen molar-refractivity contribution in [2.75, 3.05) is 20.1 Å². The molecule has 43 heavy (non-hydrogen) atoms. The molecule has 2 aromatic rings. The number of likely N-dealkylation sites (N-methyl/N-ethyl adjacent to an activating group) is 1. The Morgan fingerprint density at radius 1 is 1.00 bits per heavy atom. The maximum atomic E-state index is 14.0. The molecule has 0 aromatic heterocycles. The summed E-state index contributed by atoms with van der Waals surface area (Å²) in [6.45, 7) is 7.39. The highest BCUT2D eigenvalue weighted by molar-refractivity contribution is 6.30. The fourth-order valence-corrected chi connectivity index (χ4v) is 5.86. The number of hydrogen-bond acceptors (Lipinski definition) is 5. The highest BCUT2D eigenvalue weighted by atomic mass is 35.5. The molecule has 0 unspecified atom stereocenters. The second kappa shape index (κ2) is 13.7. The second-order valence-electron chi connectivity index (χ2n) is 12.4. The van der Waals surface area contributed by atoms with Crippen molar-refractivity contribution in [3.63, 3.8) is 0 Å². The van der Waals surface area contributed by atoms with Crippen LogP contribution >= 0.6 is 11.6 Å². The van der Waals surface area contributed by atoms with Crippen LogP contribution in [-0.2, 0) is 38.4 Å². The van der Waals surface area contributed by atoms with E-state index < -0.39 is 35.4 Å². The molecule has 0 fully saturated rings. The van der Waals surface area contributed by atoms with Crippen LogP contribution in [0.4, 0.5) is 0 Å². The number of nitrogens with one attached hydrogen (secondary N) is 3. The largest absolute Gasteiger partial charge is 0.345 e. The number of halogens is 1. The fraction of sp³-hybridized carbons (Fsp3) is 0.455. The average Bonchev–Trinajstić information content (AvgIpc) is 3.40. The molecule has 0 saturated heterocycles. The molecule has 230 valence electrons. The van der Waals surface area contributed by atoms with Gasteiger partial charge < -0.3 is 25.8 Å². The van der Waals surface area contributed by atoms with E-state index in [9.17, 15) is 19.2 Å². The van der Waals surface area contributed by atoms with Gasteiger partial charge in [-0.3, -0.25) is 19.2 Å². The maximum Gasteiger partial charge on any atom is 0.250 e. The molecule has 1 aliphatic heterocycles. The van der Waals surface area contributed by atoms with Crippen molar-refractivity contribution >= 4 is 35.2 Å². The summed E-state index contributed by atoms with van der Waals surface area (Å²) in [5.41, 5.74) is 2.78. The smallest absolute Gasteiger partial charge is 0.250 e. The quantitative estimate of drug-likeness (QED) is 0.385. The number of fused-ring (bicyclic) bond motifs is 1. The third kappa shape index (κ3) is 7.83. The molecule has 0 spiro atoms. The van der Waals surface area contributed by atoms with Crippen molar-refractivity contribution in [3.05, 3.63) is 82.6 Å². The molecular weight excluding hydrogens is 566 g/mol. The van der Waals surface area contributed by atoms with Gasteiger partial charge in [0.2, 0.25) is 23.6 Å². The number of hydrogen-bond donors (Lipinski definition) is 3. The topological polar surface area (TPSA) is 111 Å². The van der Waals surface area contributed by atoms with Crippen molar-refractivity contribution < 1.29 is 19.2 Å². The second-order valence-corrected chi connectivity index (χ2v) is 12.9. The summed E-state index contributed by atoms with van der Waals surface area (Å²) >= 11 is 6.15. The van der Waals surface area contributed by atoms with E-state index in [2.05, 4.69) is 28.1 Å². The summed E-state index contributed by atoms with van der Waals surface area (Å²) < 4.78 is 0. The fourth-order valence-electron chi connectivity index (χ4n) is 5.65. The van der Waals surface area contributed by atoms with Gasteiger partial charge in [-0.2, -0.15) is 0 Å². The molecule has 4 amide bonds. The molecule has 2 aromatic carbocycles. The van der Waals surface area contributed by atoms with E-state index in [1.54, 1.807) is 31.3 Å². The van der Waals surface area contributed by atoms with Gasteiger partial charge in [-0.1, -0.05) is 68.8 Å². The van der Waals surface area contributed by atoms with E-state index in [1.165, 1.54) is 16.0 Å². The van der Waals surface area contributed by atoms with E-state index in [1.807, 2.05) is 57.2 Å². The Morgan fingerprint density at radius 3 is 2.28 bits per heavy atom.